The van der Waals surface area contributed by atoms with Crippen LogP contribution in [0, 0.1) is 11.8 Å². The molecule has 0 bridgehead atoms. The predicted molar refractivity (Wildman–Crippen MR) is 82.6 cm³/mol. The minimum Gasteiger partial charge on any atom is -0.354 e. The number of piperidine rings is 1. The molecule has 0 aromatic rings. The first-order chi connectivity index (χ1) is 9.59. The Morgan fingerprint density at radius 1 is 1.30 bits per heavy atom. The Hall–Kier alpha value is -0.610. The molecule has 0 aromatic carbocycles. The van der Waals surface area contributed by atoms with Crippen LogP contribution in [0.15, 0.2) is 0 Å². The molecule has 4 heteroatoms. The highest BCUT2D eigenvalue weighted by Crippen LogP contribution is 2.29. The van der Waals surface area contributed by atoms with Gasteiger partial charge in [0, 0.05) is 12.6 Å². The van der Waals surface area contributed by atoms with E-state index >= 15 is 0 Å². The first-order valence-corrected chi connectivity index (χ1v) is 8.33. The molecule has 2 fully saturated rings. The summed E-state index contributed by atoms with van der Waals surface area (Å²) in [5.74, 6) is 1.45. The summed E-state index contributed by atoms with van der Waals surface area (Å²) < 4.78 is 0. The van der Waals surface area contributed by atoms with E-state index in [-0.39, 0.29) is 11.9 Å². The summed E-state index contributed by atoms with van der Waals surface area (Å²) in [6, 6.07) is 0.616. The molecule has 0 radical (unpaired) electrons. The van der Waals surface area contributed by atoms with Crippen molar-refractivity contribution in [2.45, 2.75) is 58.5 Å². The van der Waals surface area contributed by atoms with Crippen molar-refractivity contribution in [1.82, 2.24) is 15.5 Å². The topological polar surface area (TPSA) is 44.4 Å². The van der Waals surface area contributed by atoms with Gasteiger partial charge in [-0.1, -0.05) is 13.8 Å². The van der Waals surface area contributed by atoms with E-state index in [1.54, 1.807) is 0 Å². The van der Waals surface area contributed by atoms with E-state index in [1.807, 2.05) is 0 Å². The Labute approximate surface area is 123 Å². The zero-order chi connectivity index (χ0) is 14.5. The number of hydrogen-bond donors (Lipinski definition) is 2. The van der Waals surface area contributed by atoms with Crippen LogP contribution in [0.4, 0.5) is 0 Å². The third kappa shape index (κ3) is 3.95. The van der Waals surface area contributed by atoms with Crippen LogP contribution in [-0.2, 0) is 4.79 Å². The van der Waals surface area contributed by atoms with E-state index in [2.05, 4.69) is 36.3 Å². The molecule has 2 heterocycles. The number of carbonyl (C=O) groups excluding carboxylic acids is 1. The van der Waals surface area contributed by atoms with Gasteiger partial charge in [0.05, 0.1) is 6.04 Å². The molecule has 0 aromatic heterocycles. The Morgan fingerprint density at radius 2 is 2.10 bits per heavy atom. The molecular formula is C16H31N3O. The summed E-state index contributed by atoms with van der Waals surface area (Å²) in [4.78, 5) is 14.7. The van der Waals surface area contributed by atoms with Gasteiger partial charge in [-0.05, 0) is 64.1 Å². The van der Waals surface area contributed by atoms with Crippen LogP contribution in [-0.4, -0.2) is 49.1 Å². The van der Waals surface area contributed by atoms with Crippen LogP contribution in [0.1, 0.15) is 46.5 Å². The molecule has 2 saturated heterocycles. The second kappa shape index (κ2) is 7.41. The molecule has 20 heavy (non-hydrogen) atoms. The number of carbonyl (C=O) groups is 1. The molecule has 2 aliphatic heterocycles. The van der Waals surface area contributed by atoms with Gasteiger partial charge in [0.1, 0.15) is 0 Å². The average molecular weight is 281 g/mol. The monoisotopic (exact) mass is 281 g/mol. The quantitative estimate of drug-likeness (QED) is 0.805. The minimum atomic E-state index is 0.0168. The number of amides is 1. The summed E-state index contributed by atoms with van der Waals surface area (Å²) in [5.41, 5.74) is 0. The van der Waals surface area contributed by atoms with Crippen LogP contribution < -0.4 is 10.6 Å². The molecule has 2 rings (SSSR count). The van der Waals surface area contributed by atoms with Gasteiger partial charge in [0.25, 0.3) is 0 Å². The van der Waals surface area contributed by atoms with Crippen molar-refractivity contribution < 1.29 is 4.79 Å². The lowest BCUT2D eigenvalue weighted by molar-refractivity contribution is -0.126. The zero-order valence-electron chi connectivity index (χ0n) is 13.3. The lowest BCUT2D eigenvalue weighted by atomic mass is 9.89. The molecule has 116 valence electrons. The number of hydrogen-bond acceptors (Lipinski definition) is 3. The van der Waals surface area contributed by atoms with Crippen LogP contribution in [0.2, 0.25) is 0 Å². The maximum absolute atomic E-state index is 12.3. The Kier molecular flexibility index (Phi) is 5.85. The van der Waals surface area contributed by atoms with Crippen molar-refractivity contribution in [2.24, 2.45) is 11.8 Å². The van der Waals surface area contributed by atoms with Crippen LogP contribution >= 0.6 is 0 Å². The maximum atomic E-state index is 12.3. The van der Waals surface area contributed by atoms with Gasteiger partial charge in [0.2, 0.25) is 5.91 Å². The van der Waals surface area contributed by atoms with Crippen molar-refractivity contribution in [1.29, 1.82) is 0 Å². The van der Waals surface area contributed by atoms with Crippen molar-refractivity contribution in [2.75, 3.05) is 26.2 Å². The summed E-state index contributed by atoms with van der Waals surface area (Å²) in [6.45, 7) is 10.5. The van der Waals surface area contributed by atoms with E-state index in [0.29, 0.717) is 12.0 Å². The van der Waals surface area contributed by atoms with Gasteiger partial charge in [-0.2, -0.15) is 0 Å². The van der Waals surface area contributed by atoms with Crippen molar-refractivity contribution >= 4 is 5.91 Å². The van der Waals surface area contributed by atoms with Gasteiger partial charge >= 0.3 is 0 Å². The van der Waals surface area contributed by atoms with Crippen molar-refractivity contribution in [3.63, 3.8) is 0 Å². The molecule has 3 atom stereocenters. The second-order valence-corrected chi connectivity index (χ2v) is 6.87. The normalized spacial score (nSPS) is 29.6. The number of nitrogens with zero attached hydrogens (tertiary/aromatic N) is 1. The van der Waals surface area contributed by atoms with E-state index in [1.165, 1.54) is 25.7 Å². The maximum Gasteiger partial charge on any atom is 0.237 e. The molecule has 0 saturated carbocycles. The van der Waals surface area contributed by atoms with Gasteiger partial charge < -0.3 is 10.6 Å². The smallest absolute Gasteiger partial charge is 0.237 e. The predicted octanol–water partition coefficient (Wildman–Crippen LogP) is 1.61. The zero-order valence-corrected chi connectivity index (χ0v) is 13.3. The van der Waals surface area contributed by atoms with E-state index < -0.39 is 0 Å². The highest BCUT2D eigenvalue weighted by atomic mass is 16.2. The van der Waals surface area contributed by atoms with Gasteiger partial charge in [-0.3, -0.25) is 9.69 Å². The average Bonchev–Trinajstić information content (AvgIpc) is 2.94. The summed E-state index contributed by atoms with van der Waals surface area (Å²) in [5, 5.41) is 6.60. The van der Waals surface area contributed by atoms with Crippen LogP contribution in [0.5, 0.6) is 0 Å². The van der Waals surface area contributed by atoms with Gasteiger partial charge in [-0.25, -0.2) is 0 Å². The molecule has 1 amide bonds. The SMILES string of the molecule is CC(C)CNC(=O)C(C)N1CCCC1C1CCCNC1. The number of nitrogens with one attached hydrogen (secondary N) is 2. The second-order valence-electron chi connectivity index (χ2n) is 6.87. The van der Waals surface area contributed by atoms with Crippen molar-refractivity contribution in [3.8, 4) is 0 Å². The molecule has 0 aliphatic carbocycles. The fraction of sp³-hybridized carbons (Fsp3) is 0.938. The first kappa shape index (κ1) is 15.8. The fourth-order valence-electron chi connectivity index (χ4n) is 3.61. The highest BCUT2D eigenvalue weighted by Gasteiger charge is 2.36. The molecular weight excluding hydrogens is 250 g/mol. The molecule has 2 aliphatic rings. The Balaban J connectivity index is 1.89. The molecule has 2 N–H and O–H groups in total. The molecule has 0 spiro atoms. The third-order valence-corrected chi connectivity index (χ3v) is 4.78. The Morgan fingerprint density at radius 3 is 2.75 bits per heavy atom. The van der Waals surface area contributed by atoms with E-state index in [4.69, 9.17) is 0 Å². The first-order valence-electron chi connectivity index (χ1n) is 8.33. The standard InChI is InChI=1S/C16H31N3O/c1-12(2)10-18-16(20)13(3)19-9-5-7-15(19)14-6-4-8-17-11-14/h12-15,17H,4-11H2,1-3H3,(H,18,20). The van der Waals surface area contributed by atoms with Gasteiger partial charge in [-0.15, -0.1) is 0 Å². The summed E-state index contributed by atoms with van der Waals surface area (Å²) >= 11 is 0. The largest absolute Gasteiger partial charge is 0.354 e. The van der Waals surface area contributed by atoms with Gasteiger partial charge in [0.15, 0.2) is 0 Å². The van der Waals surface area contributed by atoms with E-state index in [0.717, 1.165) is 32.1 Å². The summed E-state index contributed by atoms with van der Waals surface area (Å²) in [7, 11) is 0. The van der Waals surface area contributed by atoms with E-state index in [9.17, 15) is 4.79 Å². The minimum absolute atomic E-state index is 0.0168. The third-order valence-electron chi connectivity index (χ3n) is 4.78. The molecule has 4 nitrogen and oxygen atoms in total. The Bertz CT molecular complexity index is 313. The fourth-order valence-corrected chi connectivity index (χ4v) is 3.61. The highest BCUT2D eigenvalue weighted by molar-refractivity contribution is 5.81. The lowest BCUT2D eigenvalue weighted by Crippen LogP contribution is -2.51. The number of likely N-dealkylation sites (tertiary alicyclic amines) is 1. The summed E-state index contributed by atoms with van der Waals surface area (Å²) in [6.07, 6.45) is 5.09. The van der Waals surface area contributed by atoms with Crippen molar-refractivity contribution in [3.05, 3.63) is 0 Å². The van der Waals surface area contributed by atoms with Crippen LogP contribution in [0.3, 0.4) is 0 Å². The van der Waals surface area contributed by atoms with Crippen LogP contribution in [0.25, 0.3) is 0 Å². The lowest BCUT2D eigenvalue weighted by Gasteiger charge is -2.37. The number of rotatable bonds is 5. The molecule has 3 unspecified atom stereocenters.